The minimum Gasteiger partial charge on any atom is -0.508 e. The van der Waals surface area contributed by atoms with Gasteiger partial charge in [-0.1, -0.05) is 42.0 Å². The summed E-state index contributed by atoms with van der Waals surface area (Å²) in [5, 5.41) is 15.2. The minimum atomic E-state index is -0.658. The third kappa shape index (κ3) is 2.67. The number of hydrogen-bond donors (Lipinski definition) is 2. The van der Waals surface area contributed by atoms with Gasteiger partial charge in [-0.15, -0.1) is 0 Å². The molecule has 0 radical (unpaired) electrons. The number of benzene rings is 2. The van der Waals surface area contributed by atoms with Crippen molar-refractivity contribution in [1.29, 1.82) is 0 Å². The third-order valence-electron chi connectivity index (χ3n) is 7.64. The normalized spacial score (nSPS) is 28.8. The van der Waals surface area contributed by atoms with Crippen molar-refractivity contribution in [3.05, 3.63) is 76.4 Å². The molecule has 0 spiro atoms. The number of carbonyl (C=O) groups is 4. The fourth-order valence-corrected chi connectivity index (χ4v) is 6.19. The number of fused-ring (bicyclic) bond motifs is 4. The molecule has 2 aromatic carbocycles. The van der Waals surface area contributed by atoms with Crippen molar-refractivity contribution < 1.29 is 24.3 Å². The second-order valence-electron chi connectivity index (χ2n) is 9.30. The van der Waals surface area contributed by atoms with Crippen LogP contribution in [0.5, 0.6) is 5.75 Å². The number of phenols is 1. The van der Waals surface area contributed by atoms with Gasteiger partial charge < -0.3 is 5.11 Å². The monoisotopic (exact) mass is 439 g/mol. The second kappa shape index (κ2) is 6.85. The van der Waals surface area contributed by atoms with E-state index in [9.17, 15) is 24.3 Å². The number of rotatable bonds is 1. The van der Waals surface area contributed by atoms with Crippen LogP contribution in [-0.2, 0) is 19.2 Å². The molecule has 4 aliphatic rings. The molecular formula is C27H21NO5. The van der Waals surface area contributed by atoms with Gasteiger partial charge in [0.2, 0.25) is 11.8 Å². The Morgan fingerprint density at radius 3 is 2.58 bits per heavy atom. The molecule has 6 nitrogen and oxygen atoms in total. The zero-order valence-corrected chi connectivity index (χ0v) is 17.9. The maximum atomic E-state index is 13.4. The van der Waals surface area contributed by atoms with Crippen LogP contribution in [0.3, 0.4) is 0 Å². The molecule has 33 heavy (non-hydrogen) atoms. The lowest BCUT2D eigenvalue weighted by atomic mass is 9.59. The van der Waals surface area contributed by atoms with Gasteiger partial charge in [-0.3, -0.25) is 24.5 Å². The molecule has 6 heteroatoms. The number of Topliss-reactive ketones (excluding diaryl/α,β-unsaturated/α-hetero) is 1. The van der Waals surface area contributed by atoms with Crippen LogP contribution in [0.1, 0.15) is 31.2 Å². The van der Waals surface area contributed by atoms with Gasteiger partial charge in [0.1, 0.15) is 5.75 Å². The van der Waals surface area contributed by atoms with Gasteiger partial charge >= 0.3 is 0 Å². The Bertz CT molecular complexity index is 1410. The molecule has 0 unspecified atom stereocenters. The van der Waals surface area contributed by atoms with Crippen LogP contribution in [0, 0.1) is 17.8 Å². The third-order valence-corrected chi connectivity index (χ3v) is 7.64. The smallest absolute Gasteiger partial charge is 0.231 e. The number of imide groups is 1. The molecule has 2 amide bonds. The summed E-state index contributed by atoms with van der Waals surface area (Å²) in [5.74, 6) is -3.13. The lowest BCUT2D eigenvalue weighted by Crippen LogP contribution is -2.39. The highest BCUT2D eigenvalue weighted by atomic mass is 16.3. The van der Waals surface area contributed by atoms with Gasteiger partial charge in [0.25, 0.3) is 0 Å². The molecule has 1 aliphatic heterocycles. The lowest BCUT2D eigenvalue weighted by Gasteiger charge is -2.42. The van der Waals surface area contributed by atoms with E-state index in [1.54, 1.807) is 13.0 Å². The van der Waals surface area contributed by atoms with E-state index >= 15 is 0 Å². The van der Waals surface area contributed by atoms with E-state index in [1.807, 2.05) is 36.4 Å². The van der Waals surface area contributed by atoms with Crippen LogP contribution in [0.15, 0.2) is 70.8 Å². The fraction of sp³-hybridized carbons (Fsp3) is 0.259. The molecule has 4 atom stereocenters. The number of amides is 2. The minimum absolute atomic E-state index is 0.0358. The summed E-state index contributed by atoms with van der Waals surface area (Å²) in [6.07, 6.45) is 3.93. The Labute approximate surface area is 189 Å². The van der Waals surface area contributed by atoms with Crippen molar-refractivity contribution in [2.75, 3.05) is 0 Å². The van der Waals surface area contributed by atoms with Crippen LogP contribution in [0.25, 0.3) is 10.8 Å². The number of allylic oxidation sites excluding steroid dienone is 6. The van der Waals surface area contributed by atoms with Gasteiger partial charge in [-0.05, 0) is 48.6 Å². The van der Waals surface area contributed by atoms with Crippen molar-refractivity contribution >= 4 is 34.2 Å². The molecule has 1 heterocycles. The first kappa shape index (κ1) is 19.9. The Balaban J connectivity index is 1.65. The van der Waals surface area contributed by atoms with Crippen LogP contribution in [0.4, 0.5) is 0 Å². The van der Waals surface area contributed by atoms with Crippen molar-refractivity contribution in [2.45, 2.75) is 25.7 Å². The van der Waals surface area contributed by atoms with Gasteiger partial charge in [0.15, 0.2) is 11.6 Å². The van der Waals surface area contributed by atoms with Crippen molar-refractivity contribution in [2.24, 2.45) is 17.8 Å². The zero-order chi connectivity index (χ0) is 23.0. The SMILES string of the molecule is CC1=CC(=O)C2=C(C1=O)[C@@H](c1c(O)ccc3ccccc13)C1=CC[C@@H]3C(=O)NC(=O)[C@@H]3[C@@H]1C2. The quantitative estimate of drug-likeness (QED) is 0.404. The maximum absolute atomic E-state index is 13.4. The predicted molar refractivity (Wildman–Crippen MR) is 120 cm³/mol. The number of nitrogens with one attached hydrogen (secondary N) is 1. The Hall–Kier alpha value is -3.80. The maximum Gasteiger partial charge on any atom is 0.231 e. The summed E-state index contributed by atoms with van der Waals surface area (Å²) in [5.41, 5.74) is 2.54. The van der Waals surface area contributed by atoms with Gasteiger partial charge in [0.05, 0.1) is 11.8 Å². The molecule has 0 aromatic heterocycles. The van der Waals surface area contributed by atoms with Crippen LogP contribution in [-0.4, -0.2) is 28.5 Å². The molecular weight excluding hydrogens is 418 g/mol. The fourth-order valence-electron chi connectivity index (χ4n) is 6.19. The second-order valence-corrected chi connectivity index (χ2v) is 9.30. The van der Waals surface area contributed by atoms with Crippen molar-refractivity contribution in [3.63, 3.8) is 0 Å². The number of phenolic OH excluding ortho intramolecular Hbond substituents is 1. The average Bonchev–Trinajstić information content (AvgIpc) is 3.10. The number of carbonyl (C=O) groups excluding carboxylic acids is 4. The van der Waals surface area contributed by atoms with Crippen LogP contribution < -0.4 is 5.32 Å². The first-order valence-corrected chi connectivity index (χ1v) is 11.1. The number of aromatic hydroxyl groups is 1. The van der Waals surface area contributed by atoms with Gasteiger partial charge in [0, 0.05) is 28.2 Å². The number of ketones is 2. The lowest BCUT2D eigenvalue weighted by molar-refractivity contribution is -0.126. The molecule has 1 fully saturated rings. The summed E-state index contributed by atoms with van der Waals surface area (Å²) >= 11 is 0. The highest BCUT2D eigenvalue weighted by Crippen LogP contribution is 2.56. The Morgan fingerprint density at radius 1 is 0.970 bits per heavy atom. The molecule has 1 saturated heterocycles. The molecule has 0 bridgehead atoms. The highest BCUT2D eigenvalue weighted by molar-refractivity contribution is 6.24. The van der Waals surface area contributed by atoms with E-state index in [1.165, 1.54) is 6.08 Å². The van der Waals surface area contributed by atoms with Crippen LogP contribution in [0.2, 0.25) is 0 Å². The van der Waals surface area contributed by atoms with E-state index in [2.05, 4.69) is 5.32 Å². The van der Waals surface area contributed by atoms with Crippen molar-refractivity contribution in [1.82, 2.24) is 5.32 Å². The first-order valence-electron chi connectivity index (χ1n) is 11.1. The topological polar surface area (TPSA) is 101 Å². The van der Waals surface area contributed by atoms with E-state index in [-0.39, 0.29) is 41.5 Å². The summed E-state index contributed by atoms with van der Waals surface area (Å²) in [4.78, 5) is 51.7. The Kier molecular flexibility index (Phi) is 4.12. The van der Waals surface area contributed by atoms with E-state index in [0.29, 0.717) is 28.7 Å². The molecule has 2 N–H and O–H groups in total. The molecule has 2 aromatic rings. The summed E-state index contributed by atoms with van der Waals surface area (Å²) < 4.78 is 0. The summed E-state index contributed by atoms with van der Waals surface area (Å²) in [7, 11) is 0. The van der Waals surface area contributed by atoms with Gasteiger partial charge in [-0.2, -0.15) is 0 Å². The predicted octanol–water partition coefficient (Wildman–Crippen LogP) is 3.26. The first-order chi connectivity index (χ1) is 15.9. The Morgan fingerprint density at radius 2 is 1.76 bits per heavy atom. The highest BCUT2D eigenvalue weighted by Gasteiger charge is 2.53. The summed E-state index contributed by atoms with van der Waals surface area (Å²) in [6.45, 7) is 1.63. The molecule has 6 rings (SSSR count). The van der Waals surface area contributed by atoms with E-state index in [4.69, 9.17) is 0 Å². The molecule has 0 saturated carbocycles. The van der Waals surface area contributed by atoms with E-state index < -0.39 is 17.8 Å². The van der Waals surface area contributed by atoms with Crippen LogP contribution >= 0.6 is 0 Å². The molecule has 164 valence electrons. The van der Waals surface area contributed by atoms with Crippen molar-refractivity contribution in [3.8, 4) is 5.75 Å². The molecule has 3 aliphatic carbocycles. The summed E-state index contributed by atoms with van der Waals surface area (Å²) in [6, 6.07) is 11.0. The zero-order valence-electron chi connectivity index (χ0n) is 17.9. The average molecular weight is 439 g/mol. The largest absolute Gasteiger partial charge is 0.508 e. The number of hydrogen-bond acceptors (Lipinski definition) is 5. The van der Waals surface area contributed by atoms with E-state index in [0.717, 1.165) is 16.3 Å². The van der Waals surface area contributed by atoms with Gasteiger partial charge in [-0.25, -0.2) is 0 Å². The standard InChI is InChI=1S/C27H21NO5/c1-12-10-20(30)18-11-17-15(7-8-16-21(17)27(33)28-26(16)32)23(24(18)25(12)31)22-14-5-3-2-4-13(14)6-9-19(22)29/h2-7,9-10,16-17,21,23,29H,8,11H2,1H3,(H,28,32,33)/t16-,17+,21-,23+/m0/s1.